The van der Waals surface area contributed by atoms with Crippen LogP contribution in [-0.2, 0) is 0 Å². The second-order valence-corrected chi connectivity index (χ2v) is 10.7. The molecule has 6 rings (SSSR count). The van der Waals surface area contributed by atoms with Crippen LogP contribution >= 0.6 is 0 Å². The van der Waals surface area contributed by atoms with E-state index in [0.717, 1.165) is 66.3 Å². The summed E-state index contributed by atoms with van der Waals surface area (Å²) in [6.45, 7) is 10.7. The Morgan fingerprint density at radius 3 is 2.68 bits per heavy atom. The molecule has 196 valence electrons. The lowest BCUT2D eigenvalue weighted by molar-refractivity contribution is 0.374. The van der Waals surface area contributed by atoms with Gasteiger partial charge >= 0.3 is 0 Å². The van der Waals surface area contributed by atoms with Crippen molar-refractivity contribution < 1.29 is 0 Å². The van der Waals surface area contributed by atoms with Crippen molar-refractivity contribution in [1.82, 2.24) is 25.5 Å². The van der Waals surface area contributed by atoms with Crippen molar-refractivity contribution in [3.05, 3.63) is 72.6 Å². The highest BCUT2D eigenvalue weighted by Gasteiger charge is 2.18. The molecule has 0 unspecified atom stereocenters. The average Bonchev–Trinajstić information content (AvgIpc) is 3.60. The predicted molar refractivity (Wildman–Crippen MR) is 159 cm³/mol. The topological polar surface area (TPSA) is 72.6 Å². The molecule has 0 saturated carbocycles. The Balaban J connectivity index is 1.33. The molecule has 6 nitrogen and oxygen atoms in total. The largest absolute Gasteiger partial charge is 0.370 e. The molecule has 2 aliphatic rings. The van der Waals surface area contributed by atoms with Crippen LogP contribution in [0.5, 0.6) is 0 Å². The molecule has 0 amide bonds. The lowest BCUT2D eigenvalue weighted by atomic mass is 9.89. The fourth-order valence-electron chi connectivity index (χ4n) is 6.10. The van der Waals surface area contributed by atoms with Crippen LogP contribution < -0.4 is 10.2 Å². The minimum Gasteiger partial charge on any atom is -0.370 e. The van der Waals surface area contributed by atoms with Crippen LogP contribution in [0.2, 0.25) is 0 Å². The Bertz CT molecular complexity index is 1490. The molecule has 38 heavy (non-hydrogen) atoms. The zero-order valence-corrected chi connectivity index (χ0v) is 22.4. The molecule has 3 aromatic heterocycles. The summed E-state index contributed by atoms with van der Waals surface area (Å²) < 4.78 is 0. The standard InChI is InChI=1S/C32H38N6/c1-3-22(16-23-10-12-33-13-11-23)17-24(4-2)25-8-9-28-27(18-25)32(37-36-28)29-19-26-30(35-29)20-34-21-31(26)38-14-6-5-7-15-38/h3-4,8-9,17-21,23,33,35H,1,5-7,10-16H2,2H3,(H,36,37)/b22-17+,24-4+. The van der Waals surface area contributed by atoms with Gasteiger partial charge in [0, 0.05) is 23.9 Å². The van der Waals surface area contributed by atoms with Gasteiger partial charge in [0.25, 0.3) is 0 Å². The molecule has 5 heterocycles. The average molecular weight is 507 g/mol. The van der Waals surface area contributed by atoms with Crippen LogP contribution in [0.3, 0.4) is 0 Å². The second kappa shape index (κ2) is 11.0. The molecule has 2 fully saturated rings. The highest BCUT2D eigenvalue weighted by atomic mass is 15.1. The van der Waals surface area contributed by atoms with Gasteiger partial charge in [-0.3, -0.25) is 10.1 Å². The molecule has 2 saturated heterocycles. The van der Waals surface area contributed by atoms with Crippen molar-refractivity contribution in [1.29, 1.82) is 0 Å². The molecule has 0 bridgehead atoms. The Labute approximate surface area is 224 Å². The molecule has 1 aromatic carbocycles. The number of nitrogens with one attached hydrogen (secondary N) is 3. The summed E-state index contributed by atoms with van der Waals surface area (Å²) in [7, 11) is 0. The molecule has 3 N–H and O–H groups in total. The van der Waals surface area contributed by atoms with Crippen LogP contribution in [0, 0.1) is 5.92 Å². The summed E-state index contributed by atoms with van der Waals surface area (Å²) in [6, 6.07) is 8.84. The minimum atomic E-state index is 0.730. The first-order chi connectivity index (χ1) is 18.7. The van der Waals surface area contributed by atoms with Crippen LogP contribution in [0.4, 0.5) is 5.69 Å². The van der Waals surface area contributed by atoms with Gasteiger partial charge in [0.05, 0.1) is 34.8 Å². The zero-order valence-electron chi connectivity index (χ0n) is 22.4. The first-order valence-electron chi connectivity index (χ1n) is 14.1. The summed E-state index contributed by atoms with van der Waals surface area (Å²) in [6.07, 6.45) is 17.8. The fourth-order valence-corrected chi connectivity index (χ4v) is 6.10. The Morgan fingerprint density at radius 1 is 1.05 bits per heavy atom. The van der Waals surface area contributed by atoms with E-state index in [0.29, 0.717) is 0 Å². The Kier molecular flexibility index (Phi) is 7.14. The summed E-state index contributed by atoms with van der Waals surface area (Å²) in [5, 5.41) is 13.8. The number of nitrogens with zero attached hydrogens (tertiary/aromatic N) is 3. The maximum atomic E-state index is 4.74. The highest BCUT2D eigenvalue weighted by molar-refractivity contribution is 6.00. The van der Waals surface area contributed by atoms with E-state index in [1.54, 1.807) is 0 Å². The number of anilines is 1. The predicted octanol–water partition coefficient (Wildman–Crippen LogP) is 7.00. The van der Waals surface area contributed by atoms with Gasteiger partial charge in [0.1, 0.15) is 5.69 Å². The number of benzene rings is 1. The molecular formula is C32H38N6. The van der Waals surface area contributed by atoms with Crippen molar-refractivity contribution >= 4 is 33.1 Å². The SMILES string of the molecule is C=C/C(=C\C(=C/C)c1ccc2[nH]nc(-c3cc4c(N5CCCCC5)cncc4[nH]3)c2c1)CC1CCNCC1. The molecule has 0 radical (unpaired) electrons. The third-order valence-electron chi connectivity index (χ3n) is 8.27. The van der Waals surface area contributed by atoms with E-state index in [9.17, 15) is 0 Å². The highest BCUT2D eigenvalue weighted by Crippen LogP contribution is 2.35. The Morgan fingerprint density at radius 2 is 1.89 bits per heavy atom. The zero-order chi connectivity index (χ0) is 25.9. The third-order valence-corrected chi connectivity index (χ3v) is 8.27. The number of allylic oxidation sites excluding steroid dienone is 5. The maximum Gasteiger partial charge on any atom is 0.116 e. The van der Waals surface area contributed by atoms with Gasteiger partial charge in [-0.15, -0.1) is 0 Å². The second-order valence-electron chi connectivity index (χ2n) is 10.7. The first-order valence-corrected chi connectivity index (χ1v) is 14.1. The van der Waals surface area contributed by atoms with Gasteiger partial charge in [-0.25, -0.2) is 0 Å². The van der Waals surface area contributed by atoms with Gasteiger partial charge in [-0.2, -0.15) is 5.10 Å². The normalized spacial score (nSPS) is 18.0. The van der Waals surface area contributed by atoms with E-state index < -0.39 is 0 Å². The summed E-state index contributed by atoms with van der Waals surface area (Å²) in [5.74, 6) is 0.730. The number of rotatable bonds is 7. The van der Waals surface area contributed by atoms with Crippen molar-refractivity contribution in [2.75, 3.05) is 31.1 Å². The van der Waals surface area contributed by atoms with E-state index in [4.69, 9.17) is 5.10 Å². The number of aromatic amines is 2. The lowest BCUT2D eigenvalue weighted by Crippen LogP contribution is -2.29. The first kappa shape index (κ1) is 24.7. The van der Waals surface area contributed by atoms with Crippen LogP contribution in [-0.4, -0.2) is 46.3 Å². The number of pyridine rings is 1. The molecule has 6 heteroatoms. The number of piperidine rings is 2. The van der Waals surface area contributed by atoms with Gasteiger partial charge in [-0.05, 0) is 99.4 Å². The third kappa shape index (κ3) is 4.93. The van der Waals surface area contributed by atoms with Gasteiger partial charge in [0.2, 0.25) is 0 Å². The number of H-pyrrole nitrogens is 2. The molecule has 0 aliphatic carbocycles. The van der Waals surface area contributed by atoms with E-state index in [1.165, 1.54) is 59.9 Å². The Hall–Kier alpha value is -3.64. The van der Waals surface area contributed by atoms with Crippen molar-refractivity contribution in [2.45, 2.75) is 45.4 Å². The number of hydrogen-bond donors (Lipinski definition) is 3. The molecule has 0 spiro atoms. The van der Waals surface area contributed by atoms with Gasteiger partial charge < -0.3 is 15.2 Å². The van der Waals surface area contributed by atoms with Crippen molar-refractivity contribution in [3.63, 3.8) is 0 Å². The van der Waals surface area contributed by atoms with Crippen molar-refractivity contribution in [3.8, 4) is 11.4 Å². The molecule has 4 aromatic rings. The van der Waals surface area contributed by atoms with E-state index in [2.05, 4.69) is 75.2 Å². The summed E-state index contributed by atoms with van der Waals surface area (Å²) in [5.41, 5.74) is 9.00. The molecular weight excluding hydrogens is 468 g/mol. The maximum absolute atomic E-state index is 4.74. The summed E-state index contributed by atoms with van der Waals surface area (Å²) >= 11 is 0. The minimum absolute atomic E-state index is 0.730. The molecule has 0 atom stereocenters. The van der Waals surface area contributed by atoms with Gasteiger partial charge in [0.15, 0.2) is 0 Å². The monoisotopic (exact) mass is 506 g/mol. The smallest absolute Gasteiger partial charge is 0.116 e. The lowest BCUT2D eigenvalue weighted by Gasteiger charge is -2.28. The van der Waals surface area contributed by atoms with E-state index in [-0.39, 0.29) is 0 Å². The number of fused-ring (bicyclic) bond motifs is 2. The number of aromatic nitrogens is 4. The van der Waals surface area contributed by atoms with Crippen molar-refractivity contribution in [2.24, 2.45) is 5.92 Å². The fraction of sp³-hybridized carbons (Fsp3) is 0.375. The van der Waals surface area contributed by atoms with Crippen LogP contribution in [0.1, 0.15) is 51.0 Å². The number of hydrogen-bond acceptors (Lipinski definition) is 4. The van der Waals surface area contributed by atoms with E-state index >= 15 is 0 Å². The summed E-state index contributed by atoms with van der Waals surface area (Å²) in [4.78, 5) is 10.6. The van der Waals surface area contributed by atoms with Gasteiger partial charge in [-0.1, -0.05) is 30.9 Å². The van der Waals surface area contributed by atoms with E-state index in [1.807, 2.05) is 18.5 Å². The van der Waals surface area contributed by atoms with Crippen LogP contribution in [0.15, 0.2) is 67.0 Å². The van der Waals surface area contributed by atoms with Crippen LogP contribution in [0.25, 0.3) is 38.8 Å². The quantitative estimate of drug-likeness (QED) is 0.236. The molecule has 2 aliphatic heterocycles.